The molecule has 0 radical (unpaired) electrons. The third kappa shape index (κ3) is 4.86. The maximum absolute atomic E-state index is 13.5. The van der Waals surface area contributed by atoms with Crippen LogP contribution in [-0.2, 0) is 19.1 Å². The summed E-state index contributed by atoms with van der Waals surface area (Å²) >= 11 is 3.22. The predicted molar refractivity (Wildman–Crippen MR) is 85.4 cm³/mol. The molecule has 0 aromatic rings. The monoisotopic (exact) mass is 394 g/mol. The van der Waals surface area contributed by atoms with Gasteiger partial charge in [0.1, 0.15) is 15.8 Å². The molecule has 0 saturated carbocycles. The fraction of sp³-hybridized carbons (Fsp3) is 0.625. The number of alkyl halides is 3. The maximum atomic E-state index is 13.5. The van der Waals surface area contributed by atoms with E-state index in [-0.39, 0.29) is 6.61 Å². The van der Waals surface area contributed by atoms with Crippen molar-refractivity contribution >= 4 is 27.9 Å². The Kier molecular flexibility index (Phi) is 6.50. The van der Waals surface area contributed by atoms with Crippen LogP contribution in [0.25, 0.3) is 0 Å². The lowest BCUT2D eigenvalue weighted by Crippen LogP contribution is -2.49. The third-order valence-electron chi connectivity index (χ3n) is 3.18. The second kappa shape index (κ2) is 7.55. The first-order valence-electron chi connectivity index (χ1n) is 7.26. The van der Waals surface area contributed by atoms with Gasteiger partial charge < -0.3 is 9.47 Å². The summed E-state index contributed by atoms with van der Waals surface area (Å²) in [5.41, 5.74) is -0.790. The molecule has 0 aromatic carbocycles. The van der Waals surface area contributed by atoms with E-state index in [9.17, 15) is 18.4 Å². The topological polar surface area (TPSA) is 52.6 Å². The van der Waals surface area contributed by atoms with Gasteiger partial charge in [0.25, 0.3) is 6.43 Å². The first kappa shape index (κ1) is 19.8. The minimum absolute atomic E-state index is 0.0178. The number of ether oxygens (including phenoxy) is 2. The van der Waals surface area contributed by atoms with E-state index in [0.717, 1.165) is 0 Å². The first-order valence-corrected chi connectivity index (χ1v) is 8.05. The van der Waals surface area contributed by atoms with Crippen LogP contribution in [0.1, 0.15) is 27.7 Å². The van der Waals surface area contributed by atoms with E-state index in [1.807, 2.05) is 0 Å². The lowest BCUT2D eigenvalue weighted by molar-refractivity contribution is -0.162. The number of halogens is 3. The zero-order valence-electron chi connectivity index (χ0n) is 13.5. The van der Waals surface area contributed by atoms with E-state index >= 15 is 0 Å². The predicted octanol–water partition coefficient (Wildman–Crippen LogP) is 3.65. The van der Waals surface area contributed by atoms with Gasteiger partial charge in [0.2, 0.25) is 0 Å². The van der Waals surface area contributed by atoms with Crippen LogP contribution in [0.4, 0.5) is 8.78 Å². The molecule has 0 saturated heterocycles. The van der Waals surface area contributed by atoms with Crippen molar-refractivity contribution in [3.63, 3.8) is 0 Å². The van der Waals surface area contributed by atoms with Crippen LogP contribution in [0.15, 0.2) is 24.3 Å². The van der Waals surface area contributed by atoms with Gasteiger partial charge >= 0.3 is 11.9 Å². The molecule has 0 aromatic heterocycles. The zero-order chi connectivity index (χ0) is 17.8. The van der Waals surface area contributed by atoms with Gasteiger partial charge in [-0.15, -0.1) is 0 Å². The third-order valence-corrected chi connectivity index (χ3v) is 4.30. The molecule has 3 unspecified atom stereocenters. The maximum Gasteiger partial charge on any atom is 0.327 e. The minimum Gasteiger partial charge on any atom is -0.466 e. The van der Waals surface area contributed by atoms with E-state index in [1.54, 1.807) is 26.8 Å². The van der Waals surface area contributed by atoms with Gasteiger partial charge in [0, 0.05) is 5.92 Å². The number of carbonyl (C=O) groups is 2. The van der Waals surface area contributed by atoms with Gasteiger partial charge in [-0.25, -0.2) is 8.78 Å². The molecule has 3 atom stereocenters. The van der Waals surface area contributed by atoms with Gasteiger partial charge in [-0.05, 0) is 27.7 Å². The Balaban J connectivity index is 3.19. The van der Waals surface area contributed by atoms with Crippen molar-refractivity contribution in [1.82, 2.24) is 0 Å². The van der Waals surface area contributed by atoms with Crippen molar-refractivity contribution < 1.29 is 27.8 Å². The lowest BCUT2D eigenvalue weighted by atomic mass is 9.78. The molecule has 1 rings (SSSR count). The van der Waals surface area contributed by atoms with Crippen molar-refractivity contribution in [3.8, 4) is 0 Å². The smallest absolute Gasteiger partial charge is 0.327 e. The SMILES string of the molecule is CCOC(=O)C(C(F)F)C1C=CC=CC1(Br)C(=O)OC(C)(C)C. The minimum atomic E-state index is -2.98. The van der Waals surface area contributed by atoms with Crippen LogP contribution in [0.2, 0.25) is 0 Å². The first-order chi connectivity index (χ1) is 10.5. The van der Waals surface area contributed by atoms with E-state index in [1.165, 1.54) is 25.2 Å². The largest absolute Gasteiger partial charge is 0.466 e. The molecular formula is C16H21BrF2O4. The Morgan fingerprint density at radius 2 is 1.91 bits per heavy atom. The number of hydrogen-bond donors (Lipinski definition) is 0. The number of allylic oxidation sites excluding steroid dienone is 3. The lowest BCUT2D eigenvalue weighted by Gasteiger charge is -2.36. The van der Waals surface area contributed by atoms with Crippen molar-refractivity contribution in [2.45, 2.75) is 44.0 Å². The summed E-state index contributed by atoms with van der Waals surface area (Å²) in [6.07, 6.45) is 2.90. The standard InChI is InChI=1S/C16H21BrF2O4/c1-5-22-13(20)11(12(18)19)10-8-6-7-9-16(10,17)14(21)23-15(2,3)4/h6-12H,5H2,1-4H3. The van der Waals surface area contributed by atoms with E-state index in [2.05, 4.69) is 15.9 Å². The van der Waals surface area contributed by atoms with Crippen LogP contribution >= 0.6 is 15.9 Å². The van der Waals surface area contributed by atoms with E-state index in [4.69, 9.17) is 9.47 Å². The van der Waals surface area contributed by atoms with Crippen molar-refractivity contribution in [1.29, 1.82) is 0 Å². The highest BCUT2D eigenvalue weighted by Gasteiger charge is 2.52. The summed E-state index contributed by atoms with van der Waals surface area (Å²) in [5, 5.41) is 0. The van der Waals surface area contributed by atoms with Crippen molar-refractivity contribution in [2.75, 3.05) is 6.61 Å². The average Bonchev–Trinajstić information content (AvgIpc) is 2.39. The number of esters is 2. The summed E-state index contributed by atoms with van der Waals surface area (Å²) < 4.78 is 35.4. The van der Waals surface area contributed by atoms with Crippen LogP contribution in [0.5, 0.6) is 0 Å². The molecule has 1 aliphatic rings. The highest BCUT2D eigenvalue weighted by atomic mass is 79.9. The van der Waals surface area contributed by atoms with Crippen molar-refractivity contribution in [3.05, 3.63) is 24.3 Å². The molecule has 0 bridgehead atoms. The molecule has 0 amide bonds. The molecule has 4 nitrogen and oxygen atoms in total. The molecule has 0 spiro atoms. The highest BCUT2D eigenvalue weighted by Crippen LogP contribution is 2.42. The Bertz CT molecular complexity index is 511. The van der Waals surface area contributed by atoms with Crippen molar-refractivity contribution in [2.24, 2.45) is 11.8 Å². The summed E-state index contributed by atoms with van der Waals surface area (Å²) in [6.45, 7) is 6.54. The zero-order valence-corrected chi connectivity index (χ0v) is 15.1. The summed E-state index contributed by atoms with van der Waals surface area (Å²) in [7, 11) is 0. The molecule has 0 N–H and O–H groups in total. The Morgan fingerprint density at radius 1 is 1.30 bits per heavy atom. The fourth-order valence-corrected chi connectivity index (χ4v) is 2.89. The summed E-state index contributed by atoms with van der Waals surface area (Å²) in [4.78, 5) is 24.4. The number of rotatable bonds is 5. The quantitative estimate of drug-likeness (QED) is 0.527. The molecule has 1 aliphatic carbocycles. The number of hydrogen-bond acceptors (Lipinski definition) is 4. The fourth-order valence-electron chi connectivity index (χ4n) is 2.22. The van der Waals surface area contributed by atoms with Crippen LogP contribution in [0.3, 0.4) is 0 Å². The Hall–Kier alpha value is -1.24. The van der Waals surface area contributed by atoms with Gasteiger partial charge in [0.05, 0.1) is 6.61 Å². The molecule has 0 fully saturated rings. The highest BCUT2D eigenvalue weighted by molar-refractivity contribution is 9.10. The summed E-state index contributed by atoms with van der Waals surface area (Å²) in [6, 6.07) is 0. The molecule has 7 heteroatoms. The van der Waals surface area contributed by atoms with Gasteiger partial charge in [0.15, 0.2) is 0 Å². The molecule has 130 valence electrons. The van der Waals surface area contributed by atoms with Crippen LogP contribution in [-0.4, -0.2) is 34.9 Å². The molecular weight excluding hydrogens is 374 g/mol. The van der Waals surface area contributed by atoms with E-state index in [0.29, 0.717) is 0 Å². The van der Waals surface area contributed by atoms with Gasteiger partial charge in [-0.2, -0.15) is 0 Å². The Morgan fingerprint density at radius 3 is 2.39 bits per heavy atom. The molecule has 0 aliphatic heterocycles. The Labute approximate surface area is 143 Å². The second-order valence-corrected chi connectivity index (χ2v) is 7.46. The average molecular weight is 395 g/mol. The summed E-state index contributed by atoms with van der Waals surface area (Å²) in [5.74, 6) is -4.67. The van der Waals surface area contributed by atoms with E-state index < -0.39 is 40.1 Å². The molecule has 23 heavy (non-hydrogen) atoms. The van der Waals surface area contributed by atoms with Crippen LogP contribution < -0.4 is 0 Å². The second-order valence-electron chi connectivity index (χ2n) is 6.15. The van der Waals surface area contributed by atoms with Gasteiger partial charge in [-0.3, -0.25) is 9.59 Å². The van der Waals surface area contributed by atoms with Crippen LogP contribution in [0, 0.1) is 11.8 Å². The number of carbonyl (C=O) groups excluding carboxylic acids is 2. The van der Waals surface area contributed by atoms with Gasteiger partial charge in [-0.1, -0.05) is 40.2 Å². The normalized spacial score (nSPS) is 25.3. The molecule has 0 heterocycles.